The van der Waals surface area contributed by atoms with Gasteiger partial charge in [0.1, 0.15) is 0 Å². The van der Waals surface area contributed by atoms with Crippen molar-refractivity contribution in [2.75, 3.05) is 0 Å². The SMILES string of the molecule is C1C2CC3CC1CC(C2)C31[I+]C12C1CC3CC(C1)CC2C3. The standard InChI is InChI=1S/C20H28I/c1-11-3-15-5-12(1)6-16(4-11)19(15)20(21-19)17-7-13-2-14(9-17)10-18(20)8-13/h11-18H,1-10H2/q+1. The smallest absolute Gasteiger partial charge is 0.0475 e. The van der Waals surface area contributed by atoms with Gasteiger partial charge in [-0.15, -0.1) is 0 Å². The molecule has 0 aromatic carbocycles. The Morgan fingerprint density at radius 2 is 0.714 bits per heavy atom. The van der Waals surface area contributed by atoms with E-state index in [9.17, 15) is 0 Å². The lowest BCUT2D eigenvalue weighted by Crippen LogP contribution is -3.54. The molecule has 114 valence electrons. The molecule has 21 heavy (non-hydrogen) atoms. The number of hydrogen-bond acceptors (Lipinski definition) is 0. The topological polar surface area (TPSA) is 0 Å². The third-order valence-electron chi connectivity index (χ3n) is 9.52. The zero-order chi connectivity index (χ0) is 13.4. The van der Waals surface area contributed by atoms with Gasteiger partial charge in [-0.2, -0.15) is 0 Å². The summed E-state index contributed by atoms with van der Waals surface area (Å²) >= 11 is 0.555. The molecule has 1 heteroatoms. The summed E-state index contributed by atoms with van der Waals surface area (Å²) in [7, 11) is 0. The summed E-state index contributed by atoms with van der Waals surface area (Å²) in [6.07, 6.45) is 16.9. The maximum Gasteiger partial charge on any atom is 0.294 e. The van der Waals surface area contributed by atoms with Crippen LogP contribution in [0, 0.1) is 47.3 Å². The van der Waals surface area contributed by atoms with E-state index in [-0.39, 0.29) is 0 Å². The predicted octanol–water partition coefficient (Wildman–Crippen LogP) is 1.48. The molecular formula is C20H28I+. The third kappa shape index (κ3) is 1.20. The van der Waals surface area contributed by atoms with Gasteiger partial charge >= 0.3 is 0 Å². The van der Waals surface area contributed by atoms with Crippen molar-refractivity contribution in [2.45, 2.75) is 71.1 Å². The van der Waals surface area contributed by atoms with Crippen LogP contribution in [-0.2, 0) is 0 Å². The van der Waals surface area contributed by atoms with E-state index < -0.39 is 0 Å². The molecule has 0 radical (unpaired) electrons. The van der Waals surface area contributed by atoms with Gasteiger partial charge in [-0.05, 0) is 87.9 Å². The Labute approximate surface area is 139 Å². The number of halogens is 1. The van der Waals surface area contributed by atoms with Crippen LogP contribution in [0.2, 0.25) is 0 Å². The molecule has 9 rings (SSSR count). The van der Waals surface area contributed by atoms with Gasteiger partial charge in [0.2, 0.25) is 6.84 Å². The van der Waals surface area contributed by atoms with Crippen molar-refractivity contribution in [1.82, 2.24) is 0 Å². The van der Waals surface area contributed by atoms with Crippen molar-refractivity contribution < 1.29 is 21.2 Å². The largest absolute Gasteiger partial charge is 0.294 e. The number of rotatable bonds is 0. The first-order valence-corrected chi connectivity index (χ1v) is 12.1. The number of hydrogen-bond donors (Lipinski definition) is 0. The lowest BCUT2D eigenvalue weighted by Gasteiger charge is -2.57. The molecule has 0 nitrogen and oxygen atoms in total. The van der Waals surface area contributed by atoms with Gasteiger partial charge in [0.25, 0.3) is 21.2 Å². The summed E-state index contributed by atoms with van der Waals surface area (Å²) in [6.45, 7) is 0. The van der Waals surface area contributed by atoms with Crippen molar-refractivity contribution >= 4 is 0 Å². The minimum absolute atomic E-state index is 0.555. The van der Waals surface area contributed by atoms with Gasteiger partial charge in [-0.25, -0.2) is 0 Å². The Morgan fingerprint density at radius 1 is 0.429 bits per heavy atom. The summed E-state index contributed by atoms with van der Waals surface area (Å²) in [5, 5.41) is 0. The van der Waals surface area contributed by atoms with E-state index in [1.807, 2.05) is 0 Å². The Balaban J connectivity index is 1.34. The average molecular weight is 395 g/mol. The molecule has 2 spiro atoms. The lowest BCUT2D eigenvalue weighted by molar-refractivity contribution is -0.590. The zero-order valence-electron chi connectivity index (χ0n) is 13.1. The van der Waals surface area contributed by atoms with Gasteiger partial charge < -0.3 is 0 Å². The molecule has 9 fully saturated rings. The fraction of sp³-hybridized carbons (Fsp3) is 1.00. The van der Waals surface area contributed by atoms with Gasteiger partial charge in [0, 0.05) is 23.7 Å². The lowest BCUT2D eigenvalue weighted by atomic mass is 9.42. The first kappa shape index (κ1) is 12.1. The molecule has 9 aliphatic rings. The average Bonchev–Trinajstić information content (AvgIpc) is 3.13. The summed E-state index contributed by atoms with van der Waals surface area (Å²) in [5.41, 5.74) is 0. The summed E-state index contributed by atoms with van der Waals surface area (Å²) in [5.74, 6) is 9.76. The summed E-state index contributed by atoms with van der Waals surface area (Å²) in [6, 6.07) is 0. The minimum atomic E-state index is 0.555. The van der Waals surface area contributed by atoms with Gasteiger partial charge in [-0.3, -0.25) is 0 Å². The molecule has 1 aliphatic heterocycles. The van der Waals surface area contributed by atoms with Crippen LogP contribution in [0.25, 0.3) is 0 Å². The molecule has 0 N–H and O–H groups in total. The molecule has 0 unspecified atom stereocenters. The predicted molar refractivity (Wildman–Crippen MR) is 79.6 cm³/mol. The molecule has 1 heterocycles. The van der Waals surface area contributed by atoms with Gasteiger partial charge in [0.15, 0.2) is 0 Å². The zero-order valence-corrected chi connectivity index (χ0v) is 15.2. The van der Waals surface area contributed by atoms with E-state index >= 15 is 0 Å². The summed E-state index contributed by atoms with van der Waals surface area (Å²) < 4.78 is 2.06. The highest BCUT2D eigenvalue weighted by molar-refractivity contribution is 5.28. The van der Waals surface area contributed by atoms with Gasteiger partial charge in [-0.1, -0.05) is 0 Å². The highest BCUT2D eigenvalue weighted by Gasteiger charge is 2.97. The normalized spacial score (nSPS) is 72.0. The summed E-state index contributed by atoms with van der Waals surface area (Å²) in [4.78, 5) is 0. The Morgan fingerprint density at radius 3 is 1.00 bits per heavy atom. The molecule has 0 aromatic heterocycles. The molecule has 8 bridgehead atoms. The molecule has 0 amide bonds. The monoisotopic (exact) mass is 395 g/mol. The van der Waals surface area contributed by atoms with E-state index in [1.165, 1.54) is 47.3 Å². The van der Waals surface area contributed by atoms with E-state index in [0.717, 1.165) is 6.84 Å². The van der Waals surface area contributed by atoms with E-state index in [2.05, 4.69) is 0 Å². The maximum absolute atomic E-state index is 1.70. The second-order valence-corrected chi connectivity index (χ2v) is 14.3. The van der Waals surface area contributed by atoms with Crippen LogP contribution < -0.4 is 21.2 Å². The first-order chi connectivity index (χ1) is 10.3. The second-order valence-electron chi connectivity index (χ2n) is 10.2. The van der Waals surface area contributed by atoms with E-state index in [0.29, 0.717) is 21.2 Å². The van der Waals surface area contributed by atoms with Crippen LogP contribution >= 0.6 is 0 Å². The van der Waals surface area contributed by atoms with Crippen molar-refractivity contribution in [3.05, 3.63) is 0 Å². The highest BCUT2D eigenvalue weighted by atomic mass is 127. The van der Waals surface area contributed by atoms with E-state index in [1.54, 1.807) is 64.2 Å². The molecule has 0 aromatic rings. The van der Waals surface area contributed by atoms with Crippen molar-refractivity contribution in [1.29, 1.82) is 0 Å². The van der Waals surface area contributed by atoms with Crippen LogP contribution in [-0.4, -0.2) is 6.84 Å². The Bertz CT molecular complexity index is 418. The van der Waals surface area contributed by atoms with Crippen LogP contribution in [0.1, 0.15) is 64.2 Å². The second kappa shape index (κ2) is 3.54. The van der Waals surface area contributed by atoms with Gasteiger partial charge in [0.05, 0.1) is 0 Å². The molecule has 8 aliphatic carbocycles. The van der Waals surface area contributed by atoms with E-state index in [4.69, 9.17) is 0 Å². The van der Waals surface area contributed by atoms with Crippen LogP contribution in [0.4, 0.5) is 0 Å². The maximum atomic E-state index is 1.70. The fourth-order valence-corrected chi connectivity index (χ4v) is 16.4. The molecule has 1 saturated heterocycles. The Hall–Kier alpha value is 0.730. The van der Waals surface area contributed by atoms with Crippen LogP contribution in [0.15, 0.2) is 0 Å². The molecule has 0 atom stereocenters. The highest BCUT2D eigenvalue weighted by Crippen LogP contribution is 2.69. The molecular weight excluding hydrogens is 367 g/mol. The minimum Gasteiger partial charge on any atom is -0.0475 e. The number of alkyl halides is 2. The molecule has 8 saturated carbocycles. The Kier molecular flexibility index (Phi) is 2.05. The van der Waals surface area contributed by atoms with Crippen molar-refractivity contribution in [3.8, 4) is 0 Å². The fourth-order valence-electron chi connectivity index (χ4n) is 9.54. The van der Waals surface area contributed by atoms with Crippen LogP contribution in [0.3, 0.4) is 0 Å². The van der Waals surface area contributed by atoms with Crippen molar-refractivity contribution in [3.63, 3.8) is 0 Å². The first-order valence-electron chi connectivity index (χ1n) is 9.95. The van der Waals surface area contributed by atoms with Crippen molar-refractivity contribution in [2.24, 2.45) is 47.3 Å². The quantitative estimate of drug-likeness (QED) is 0.431. The van der Waals surface area contributed by atoms with Crippen LogP contribution in [0.5, 0.6) is 0 Å². The third-order valence-corrected chi connectivity index (χ3v) is 16.1.